The molecule has 0 aromatic heterocycles. The fourth-order valence-electron chi connectivity index (χ4n) is 1.47. The lowest BCUT2D eigenvalue weighted by Crippen LogP contribution is -2.18. The predicted molar refractivity (Wildman–Crippen MR) is 70.0 cm³/mol. The van der Waals surface area contributed by atoms with Gasteiger partial charge in [0, 0.05) is 18.9 Å². The molecule has 0 heterocycles. The number of ketones is 1. The summed E-state index contributed by atoms with van der Waals surface area (Å²) in [5.74, 6) is 0.973. The van der Waals surface area contributed by atoms with E-state index in [4.69, 9.17) is 0 Å². The highest BCUT2D eigenvalue weighted by atomic mass is 16.5. The zero-order chi connectivity index (χ0) is 13.8. The second-order valence-electron chi connectivity index (χ2n) is 4.19. The Labute approximate surface area is 105 Å². The zero-order valence-electron chi connectivity index (χ0n) is 12.0. The molecule has 1 atom stereocenters. The van der Waals surface area contributed by atoms with Crippen molar-refractivity contribution >= 4 is 11.9 Å². The number of alkyl carbamates (subject to hydrolysis) is 1. The summed E-state index contributed by atoms with van der Waals surface area (Å²) in [5.41, 5.74) is 0. The van der Waals surface area contributed by atoms with Crippen LogP contribution in [0.15, 0.2) is 0 Å². The third kappa shape index (κ3) is 9.85. The van der Waals surface area contributed by atoms with Crippen LogP contribution in [0.1, 0.15) is 47.0 Å². The van der Waals surface area contributed by atoms with Gasteiger partial charge in [-0.1, -0.05) is 34.1 Å². The molecule has 4 heteroatoms. The van der Waals surface area contributed by atoms with E-state index in [1.807, 2.05) is 13.8 Å². The number of carbonyl (C=O) groups is 2. The SMILES string of the molecule is CCCC(CC)C(=O)C(C)C.CNC(=O)OC. The van der Waals surface area contributed by atoms with Crippen molar-refractivity contribution in [3.63, 3.8) is 0 Å². The van der Waals surface area contributed by atoms with Gasteiger partial charge in [-0.05, 0) is 12.8 Å². The number of amides is 1. The Morgan fingerprint density at radius 1 is 1.24 bits per heavy atom. The molecule has 0 aliphatic rings. The molecule has 0 radical (unpaired) electrons. The molecule has 0 spiro atoms. The van der Waals surface area contributed by atoms with Gasteiger partial charge in [0.15, 0.2) is 0 Å². The van der Waals surface area contributed by atoms with Gasteiger partial charge in [0.1, 0.15) is 5.78 Å². The van der Waals surface area contributed by atoms with E-state index < -0.39 is 6.09 Å². The Kier molecular flexibility index (Phi) is 12.3. The highest BCUT2D eigenvalue weighted by Crippen LogP contribution is 2.16. The van der Waals surface area contributed by atoms with Crippen LogP contribution in [-0.2, 0) is 9.53 Å². The maximum absolute atomic E-state index is 11.5. The molecule has 0 saturated carbocycles. The Bertz CT molecular complexity index is 209. The molecule has 1 unspecified atom stereocenters. The van der Waals surface area contributed by atoms with E-state index >= 15 is 0 Å². The number of carbonyl (C=O) groups excluding carboxylic acids is 2. The van der Waals surface area contributed by atoms with Gasteiger partial charge in [0.25, 0.3) is 0 Å². The first-order valence-electron chi connectivity index (χ1n) is 6.23. The van der Waals surface area contributed by atoms with Crippen molar-refractivity contribution in [2.75, 3.05) is 14.2 Å². The van der Waals surface area contributed by atoms with Crippen molar-refractivity contribution in [2.45, 2.75) is 47.0 Å². The summed E-state index contributed by atoms with van der Waals surface area (Å²) in [7, 11) is 2.82. The molecule has 1 N–H and O–H groups in total. The zero-order valence-corrected chi connectivity index (χ0v) is 12.0. The highest BCUT2D eigenvalue weighted by molar-refractivity contribution is 5.82. The second-order valence-corrected chi connectivity index (χ2v) is 4.19. The van der Waals surface area contributed by atoms with Crippen LogP contribution in [0.25, 0.3) is 0 Å². The van der Waals surface area contributed by atoms with Gasteiger partial charge < -0.3 is 10.1 Å². The summed E-state index contributed by atoms with van der Waals surface area (Å²) in [6.45, 7) is 8.21. The van der Waals surface area contributed by atoms with Crippen LogP contribution in [0, 0.1) is 11.8 Å². The van der Waals surface area contributed by atoms with Crippen LogP contribution >= 0.6 is 0 Å². The second kappa shape index (κ2) is 11.4. The molecule has 17 heavy (non-hydrogen) atoms. The van der Waals surface area contributed by atoms with Gasteiger partial charge >= 0.3 is 6.09 Å². The Morgan fingerprint density at radius 3 is 1.94 bits per heavy atom. The first kappa shape index (κ1) is 18.3. The summed E-state index contributed by atoms with van der Waals surface area (Å²) in [5, 5.41) is 2.25. The van der Waals surface area contributed by atoms with Gasteiger partial charge in [-0.15, -0.1) is 0 Å². The van der Waals surface area contributed by atoms with Gasteiger partial charge in [0.05, 0.1) is 7.11 Å². The summed E-state index contributed by atoms with van der Waals surface area (Å²) in [4.78, 5) is 21.3. The molecule has 102 valence electrons. The Hall–Kier alpha value is -1.06. The lowest BCUT2D eigenvalue weighted by Gasteiger charge is -2.14. The number of nitrogens with one attached hydrogen (secondary N) is 1. The lowest BCUT2D eigenvalue weighted by molar-refractivity contribution is -0.126. The Morgan fingerprint density at radius 2 is 1.76 bits per heavy atom. The number of hydrogen-bond acceptors (Lipinski definition) is 3. The minimum atomic E-state index is -0.407. The molecule has 0 rings (SSSR count). The topological polar surface area (TPSA) is 55.4 Å². The van der Waals surface area contributed by atoms with Crippen molar-refractivity contribution in [2.24, 2.45) is 11.8 Å². The first-order chi connectivity index (χ1) is 7.94. The van der Waals surface area contributed by atoms with Crippen molar-refractivity contribution in [3.05, 3.63) is 0 Å². The average molecular weight is 245 g/mol. The maximum atomic E-state index is 11.5. The molecule has 4 nitrogen and oxygen atoms in total. The molecule has 0 saturated heterocycles. The summed E-state index contributed by atoms with van der Waals surface area (Å²) in [6.07, 6.45) is 2.78. The first-order valence-corrected chi connectivity index (χ1v) is 6.23. The molecule has 0 aromatic carbocycles. The molecule has 0 aliphatic heterocycles. The minimum Gasteiger partial charge on any atom is -0.453 e. The van der Waals surface area contributed by atoms with Crippen molar-refractivity contribution in [1.82, 2.24) is 5.32 Å². The number of methoxy groups -OCH3 is 1. The van der Waals surface area contributed by atoms with Gasteiger partial charge in [0.2, 0.25) is 0 Å². The number of rotatable bonds is 5. The molecular weight excluding hydrogens is 218 g/mol. The van der Waals surface area contributed by atoms with E-state index in [9.17, 15) is 9.59 Å². The number of Topliss-reactive ketones (excluding diaryl/α,β-unsaturated/α-hetero) is 1. The third-order valence-electron chi connectivity index (χ3n) is 2.49. The van der Waals surface area contributed by atoms with E-state index in [0.29, 0.717) is 11.7 Å². The summed E-state index contributed by atoms with van der Waals surface area (Å²) >= 11 is 0. The van der Waals surface area contributed by atoms with Crippen LogP contribution in [0.3, 0.4) is 0 Å². The smallest absolute Gasteiger partial charge is 0.406 e. The fraction of sp³-hybridized carbons (Fsp3) is 0.846. The van der Waals surface area contributed by atoms with Crippen LogP contribution in [0.5, 0.6) is 0 Å². The van der Waals surface area contributed by atoms with E-state index in [2.05, 4.69) is 23.9 Å². The van der Waals surface area contributed by atoms with Crippen LogP contribution in [0.4, 0.5) is 4.79 Å². The van der Waals surface area contributed by atoms with Crippen molar-refractivity contribution < 1.29 is 14.3 Å². The average Bonchev–Trinajstić information content (AvgIpc) is 2.34. The van der Waals surface area contributed by atoms with Gasteiger partial charge in [-0.25, -0.2) is 4.79 Å². The van der Waals surface area contributed by atoms with Gasteiger partial charge in [-0.2, -0.15) is 0 Å². The van der Waals surface area contributed by atoms with E-state index in [1.54, 1.807) is 0 Å². The van der Waals surface area contributed by atoms with E-state index in [1.165, 1.54) is 14.2 Å². The third-order valence-corrected chi connectivity index (χ3v) is 2.49. The highest BCUT2D eigenvalue weighted by Gasteiger charge is 2.17. The standard InChI is InChI=1S/C10H20O.C3H7NO2/c1-5-7-9(6-2)10(11)8(3)4;1-4-3(5)6-2/h8-9H,5-7H2,1-4H3;1-2H3,(H,4,5). The lowest BCUT2D eigenvalue weighted by atomic mass is 9.90. The molecule has 0 aliphatic carbocycles. The quantitative estimate of drug-likeness (QED) is 0.810. The van der Waals surface area contributed by atoms with E-state index in [0.717, 1.165) is 19.3 Å². The number of hydrogen-bond donors (Lipinski definition) is 1. The fourth-order valence-corrected chi connectivity index (χ4v) is 1.47. The minimum absolute atomic E-state index is 0.214. The molecule has 1 amide bonds. The molecule has 0 aromatic rings. The summed E-state index contributed by atoms with van der Waals surface area (Å²) in [6, 6.07) is 0. The Balaban J connectivity index is 0. The molecule has 0 fully saturated rings. The summed E-state index contributed by atoms with van der Waals surface area (Å²) < 4.78 is 4.15. The van der Waals surface area contributed by atoms with Gasteiger partial charge in [-0.3, -0.25) is 4.79 Å². The van der Waals surface area contributed by atoms with Crippen molar-refractivity contribution in [3.8, 4) is 0 Å². The van der Waals surface area contributed by atoms with Crippen LogP contribution in [-0.4, -0.2) is 26.0 Å². The van der Waals surface area contributed by atoms with Crippen LogP contribution < -0.4 is 5.32 Å². The molecular formula is C13H27NO3. The predicted octanol–water partition coefficient (Wildman–Crippen LogP) is 3.01. The number of ether oxygens (including phenoxy) is 1. The normalized spacial score (nSPS) is 11.2. The monoisotopic (exact) mass is 245 g/mol. The molecule has 0 bridgehead atoms. The maximum Gasteiger partial charge on any atom is 0.406 e. The van der Waals surface area contributed by atoms with Crippen LogP contribution in [0.2, 0.25) is 0 Å². The van der Waals surface area contributed by atoms with Crippen molar-refractivity contribution in [1.29, 1.82) is 0 Å². The van der Waals surface area contributed by atoms with E-state index in [-0.39, 0.29) is 5.92 Å². The largest absolute Gasteiger partial charge is 0.453 e.